The lowest BCUT2D eigenvalue weighted by Crippen LogP contribution is -2.31. The van der Waals surface area contributed by atoms with Gasteiger partial charge in [-0.2, -0.15) is 0 Å². The second-order valence-corrected chi connectivity index (χ2v) is 8.51. The Hall–Kier alpha value is -0.870. The highest BCUT2D eigenvalue weighted by molar-refractivity contribution is 7.90. The fraction of sp³-hybridized carbons (Fsp3) is 0.647. The summed E-state index contributed by atoms with van der Waals surface area (Å²) in [6, 6.07) is 7.49. The van der Waals surface area contributed by atoms with E-state index in [-0.39, 0.29) is 6.04 Å². The highest BCUT2D eigenvalue weighted by Crippen LogP contribution is 2.29. The van der Waals surface area contributed by atoms with Crippen molar-refractivity contribution in [1.82, 2.24) is 5.32 Å². The van der Waals surface area contributed by atoms with E-state index in [2.05, 4.69) is 19.2 Å². The molecule has 1 aliphatic rings. The van der Waals surface area contributed by atoms with Gasteiger partial charge in [-0.25, -0.2) is 8.42 Å². The minimum Gasteiger partial charge on any atom is -0.310 e. The normalized spacial score (nSPS) is 24.7. The Balaban J connectivity index is 1.92. The summed E-state index contributed by atoms with van der Waals surface area (Å²) in [6.07, 6.45) is 6.65. The lowest BCUT2D eigenvalue weighted by Gasteiger charge is -2.30. The van der Waals surface area contributed by atoms with Crippen LogP contribution in [0.1, 0.15) is 51.1 Å². The molecular weight excluding hydrogens is 282 g/mol. The van der Waals surface area contributed by atoms with Gasteiger partial charge in [0.05, 0.1) is 4.90 Å². The second kappa shape index (κ2) is 6.93. The molecule has 118 valence electrons. The van der Waals surface area contributed by atoms with Crippen LogP contribution in [0.4, 0.5) is 0 Å². The first kappa shape index (κ1) is 16.5. The van der Waals surface area contributed by atoms with Crippen LogP contribution in [0.25, 0.3) is 0 Å². The number of hydrogen-bond acceptors (Lipinski definition) is 3. The summed E-state index contributed by atoms with van der Waals surface area (Å²) >= 11 is 0. The van der Waals surface area contributed by atoms with Gasteiger partial charge in [0.15, 0.2) is 9.84 Å². The first-order valence-corrected chi connectivity index (χ1v) is 9.80. The monoisotopic (exact) mass is 309 g/mol. The molecule has 1 aliphatic carbocycles. The van der Waals surface area contributed by atoms with Crippen LogP contribution in [0.2, 0.25) is 0 Å². The zero-order valence-electron chi connectivity index (χ0n) is 13.3. The topological polar surface area (TPSA) is 46.2 Å². The van der Waals surface area contributed by atoms with E-state index < -0.39 is 9.84 Å². The van der Waals surface area contributed by atoms with Gasteiger partial charge < -0.3 is 5.32 Å². The van der Waals surface area contributed by atoms with Crippen molar-refractivity contribution >= 4 is 9.84 Å². The van der Waals surface area contributed by atoms with Crippen molar-refractivity contribution < 1.29 is 8.42 Å². The van der Waals surface area contributed by atoms with Gasteiger partial charge in [0.25, 0.3) is 0 Å². The van der Waals surface area contributed by atoms with Crippen molar-refractivity contribution in [2.45, 2.75) is 50.5 Å². The van der Waals surface area contributed by atoms with Crippen LogP contribution < -0.4 is 5.32 Å². The molecule has 0 radical (unpaired) electrons. The van der Waals surface area contributed by atoms with Gasteiger partial charge in [-0.05, 0) is 49.4 Å². The Morgan fingerprint density at radius 1 is 1.19 bits per heavy atom. The smallest absolute Gasteiger partial charge is 0.175 e. The molecular formula is C17H27NO2S. The molecule has 0 amide bonds. The first-order valence-electron chi connectivity index (χ1n) is 7.91. The SMILES string of the molecule is CC(NCC1CCCCC1C)c1ccc(S(C)(=O)=O)cc1. The van der Waals surface area contributed by atoms with Crippen molar-refractivity contribution in [2.24, 2.45) is 11.8 Å². The molecule has 0 bridgehead atoms. The van der Waals surface area contributed by atoms with Crippen LogP contribution >= 0.6 is 0 Å². The fourth-order valence-electron chi connectivity index (χ4n) is 3.15. The van der Waals surface area contributed by atoms with Crippen molar-refractivity contribution in [3.8, 4) is 0 Å². The fourth-order valence-corrected chi connectivity index (χ4v) is 3.78. The third-order valence-electron chi connectivity index (χ3n) is 4.78. The average molecular weight is 309 g/mol. The highest BCUT2D eigenvalue weighted by atomic mass is 32.2. The summed E-state index contributed by atoms with van der Waals surface area (Å²) in [5.74, 6) is 1.59. The molecule has 3 unspecified atom stereocenters. The quantitative estimate of drug-likeness (QED) is 0.904. The zero-order valence-corrected chi connectivity index (χ0v) is 14.1. The van der Waals surface area contributed by atoms with Gasteiger partial charge in [-0.1, -0.05) is 38.3 Å². The Morgan fingerprint density at radius 3 is 2.38 bits per heavy atom. The molecule has 0 saturated heterocycles. The van der Waals surface area contributed by atoms with Crippen LogP contribution in [-0.4, -0.2) is 21.2 Å². The molecule has 4 heteroatoms. The predicted molar refractivity (Wildman–Crippen MR) is 87.1 cm³/mol. The minimum absolute atomic E-state index is 0.257. The molecule has 1 saturated carbocycles. The summed E-state index contributed by atoms with van der Waals surface area (Å²) in [5.41, 5.74) is 1.14. The molecule has 0 spiro atoms. The number of benzene rings is 1. The Bertz CT molecular complexity index is 551. The van der Waals surface area contributed by atoms with E-state index in [0.717, 1.165) is 23.9 Å². The van der Waals surface area contributed by atoms with E-state index in [1.807, 2.05) is 12.1 Å². The van der Waals surface area contributed by atoms with Crippen molar-refractivity contribution in [3.63, 3.8) is 0 Å². The van der Waals surface area contributed by atoms with Crippen molar-refractivity contribution in [3.05, 3.63) is 29.8 Å². The maximum Gasteiger partial charge on any atom is 0.175 e. The molecule has 0 aliphatic heterocycles. The number of nitrogens with one attached hydrogen (secondary N) is 1. The molecule has 1 N–H and O–H groups in total. The lowest BCUT2D eigenvalue weighted by molar-refractivity contribution is 0.242. The maximum atomic E-state index is 11.5. The summed E-state index contributed by atoms with van der Waals surface area (Å²) in [4.78, 5) is 0.388. The molecule has 3 nitrogen and oxygen atoms in total. The molecule has 1 aromatic carbocycles. The third-order valence-corrected chi connectivity index (χ3v) is 5.91. The first-order chi connectivity index (χ1) is 9.88. The van der Waals surface area contributed by atoms with Gasteiger partial charge in [-0.3, -0.25) is 0 Å². The second-order valence-electron chi connectivity index (χ2n) is 6.49. The van der Waals surface area contributed by atoms with E-state index in [9.17, 15) is 8.42 Å². The highest BCUT2D eigenvalue weighted by Gasteiger charge is 2.21. The lowest BCUT2D eigenvalue weighted by atomic mass is 9.80. The van der Waals surface area contributed by atoms with E-state index >= 15 is 0 Å². The molecule has 0 aromatic heterocycles. The van der Waals surface area contributed by atoms with E-state index in [1.54, 1.807) is 12.1 Å². The van der Waals surface area contributed by atoms with Gasteiger partial charge in [0, 0.05) is 12.3 Å². The summed E-state index contributed by atoms with van der Waals surface area (Å²) in [7, 11) is -3.10. The van der Waals surface area contributed by atoms with Crippen molar-refractivity contribution in [2.75, 3.05) is 12.8 Å². The summed E-state index contributed by atoms with van der Waals surface area (Å²) < 4.78 is 22.9. The standard InChI is InChI=1S/C17H27NO2S/c1-13-6-4-5-7-16(13)12-18-14(2)15-8-10-17(11-9-15)21(3,19)20/h8-11,13-14,16,18H,4-7,12H2,1-3H3. The summed E-state index contributed by atoms with van der Waals surface area (Å²) in [6.45, 7) is 5.55. The summed E-state index contributed by atoms with van der Waals surface area (Å²) in [5, 5.41) is 3.61. The third kappa shape index (κ3) is 4.55. The minimum atomic E-state index is -3.10. The van der Waals surface area contributed by atoms with E-state index in [1.165, 1.54) is 31.9 Å². The average Bonchev–Trinajstić information content (AvgIpc) is 2.45. The molecule has 3 atom stereocenters. The number of sulfone groups is 1. The molecule has 0 heterocycles. The van der Waals surface area contributed by atoms with Gasteiger partial charge in [0.1, 0.15) is 0 Å². The van der Waals surface area contributed by atoms with E-state index in [4.69, 9.17) is 0 Å². The van der Waals surface area contributed by atoms with Gasteiger partial charge in [0.2, 0.25) is 0 Å². The molecule has 1 aromatic rings. The van der Waals surface area contributed by atoms with Crippen molar-refractivity contribution in [1.29, 1.82) is 0 Å². The largest absolute Gasteiger partial charge is 0.310 e. The van der Waals surface area contributed by atoms with Crippen LogP contribution in [0.5, 0.6) is 0 Å². The van der Waals surface area contributed by atoms with Gasteiger partial charge >= 0.3 is 0 Å². The Labute approximate surface area is 129 Å². The van der Waals surface area contributed by atoms with Crippen LogP contribution in [0.3, 0.4) is 0 Å². The van der Waals surface area contributed by atoms with Crippen LogP contribution in [-0.2, 0) is 9.84 Å². The number of hydrogen-bond donors (Lipinski definition) is 1. The number of rotatable bonds is 5. The molecule has 2 rings (SSSR count). The van der Waals surface area contributed by atoms with Gasteiger partial charge in [-0.15, -0.1) is 0 Å². The predicted octanol–water partition coefficient (Wildman–Crippen LogP) is 3.57. The van der Waals surface area contributed by atoms with E-state index in [0.29, 0.717) is 4.90 Å². The molecule has 21 heavy (non-hydrogen) atoms. The Kier molecular flexibility index (Phi) is 5.44. The van der Waals surface area contributed by atoms with Crippen LogP contribution in [0, 0.1) is 11.8 Å². The zero-order chi connectivity index (χ0) is 15.5. The van der Waals surface area contributed by atoms with Crippen LogP contribution in [0.15, 0.2) is 29.2 Å². The Morgan fingerprint density at radius 2 is 1.81 bits per heavy atom. The maximum absolute atomic E-state index is 11.5. The molecule has 1 fully saturated rings.